The molecule has 0 aliphatic rings. The van der Waals surface area contributed by atoms with Gasteiger partial charge >= 0.3 is 0 Å². The number of nitrogens with one attached hydrogen (secondary N) is 1. The molecule has 0 aliphatic carbocycles. The minimum atomic E-state index is -3.03. The Morgan fingerprint density at radius 2 is 1.89 bits per heavy atom. The molecule has 19 heavy (non-hydrogen) atoms. The predicted octanol–water partition coefficient (Wildman–Crippen LogP) is 1.16. The Balaban J connectivity index is 2.62. The summed E-state index contributed by atoms with van der Waals surface area (Å²) in [6, 6.07) is 3.29. The van der Waals surface area contributed by atoms with Gasteiger partial charge in [0.2, 0.25) is 0 Å². The first-order valence-corrected chi connectivity index (χ1v) is 7.96. The van der Waals surface area contributed by atoms with Crippen molar-refractivity contribution in [3.8, 4) is 0 Å². The second-order valence-electron chi connectivity index (χ2n) is 4.54. The van der Waals surface area contributed by atoms with Gasteiger partial charge in [0.25, 0.3) is 0 Å². The highest BCUT2D eigenvalue weighted by Gasteiger charge is 2.15. The number of halogens is 2. The van der Waals surface area contributed by atoms with Crippen molar-refractivity contribution in [1.29, 1.82) is 0 Å². The molecule has 3 N–H and O–H groups in total. The first-order chi connectivity index (χ1) is 8.83. The molecule has 0 amide bonds. The van der Waals surface area contributed by atoms with Gasteiger partial charge < -0.3 is 0 Å². The summed E-state index contributed by atoms with van der Waals surface area (Å²) in [7, 11) is -3.03. The largest absolute Gasteiger partial charge is 0.271 e. The van der Waals surface area contributed by atoms with E-state index in [1.165, 1.54) is 18.2 Å². The summed E-state index contributed by atoms with van der Waals surface area (Å²) in [4.78, 5) is 0. The Bertz CT molecular complexity index is 500. The SMILES string of the molecule is CS(=O)(=O)CCCC(Cc1c(F)cccc1F)NN. The highest BCUT2D eigenvalue weighted by atomic mass is 32.2. The summed E-state index contributed by atoms with van der Waals surface area (Å²) in [6.07, 6.45) is 2.05. The van der Waals surface area contributed by atoms with Crippen molar-refractivity contribution < 1.29 is 17.2 Å². The van der Waals surface area contributed by atoms with E-state index in [2.05, 4.69) is 5.43 Å². The lowest BCUT2D eigenvalue weighted by atomic mass is 10.0. The van der Waals surface area contributed by atoms with Crippen LogP contribution in [0.5, 0.6) is 0 Å². The molecule has 1 atom stereocenters. The normalized spacial score (nSPS) is 13.5. The van der Waals surface area contributed by atoms with Crippen LogP contribution in [0.15, 0.2) is 18.2 Å². The molecule has 1 unspecified atom stereocenters. The Morgan fingerprint density at radius 3 is 2.37 bits per heavy atom. The van der Waals surface area contributed by atoms with Gasteiger partial charge in [-0.05, 0) is 31.4 Å². The molecule has 0 bridgehead atoms. The van der Waals surface area contributed by atoms with Crippen molar-refractivity contribution in [3.63, 3.8) is 0 Å². The van der Waals surface area contributed by atoms with Crippen molar-refractivity contribution in [2.75, 3.05) is 12.0 Å². The minimum Gasteiger partial charge on any atom is -0.271 e. The summed E-state index contributed by atoms with van der Waals surface area (Å²) in [5.41, 5.74) is 2.43. The molecule has 0 heterocycles. The molecule has 1 rings (SSSR count). The van der Waals surface area contributed by atoms with Gasteiger partial charge in [-0.1, -0.05) is 6.07 Å². The number of nitrogens with two attached hydrogens (primary N) is 1. The van der Waals surface area contributed by atoms with E-state index >= 15 is 0 Å². The maximum Gasteiger partial charge on any atom is 0.147 e. The molecule has 0 saturated heterocycles. The third-order valence-electron chi connectivity index (χ3n) is 2.82. The number of benzene rings is 1. The lowest BCUT2D eigenvalue weighted by Crippen LogP contribution is -2.37. The van der Waals surface area contributed by atoms with Crippen LogP contribution in [0.4, 0.5) is 8.78 Å². The third kappa shape index (κ3) is 5.63. The van der Waals surface area contributed by atoms with Crippen LogP contribution in [0, 0.1) is 11.6 Å². The predicted molar refractivity (Wildman–Crippen MR) is 70.1 cm³/mol. The van der Waals surface area contributed by atoms with Crippen molar-refractivity contribution in [1.82, 2.24) is 5.43 Å². The molecular formula is C12H18F2N2O2S. The van der Waals surface area contributed by atoms with Crippen LogP contribution in [0.3, 0.4) is 0 Å². The van der Waals surface area contributed by atoms with Gasteiger partial charge in [-0.2, -0.15) is 0 Å². The average Bonchev–Trinajstić information content (AvgIpc) is 2.30. The van der Waals surface area contributed by atoms with Gasteiger partial charge in [-0.25, -0.2) is 17.2 Å². The third-order valence-corrected chi connectivity index (χ3v) is 3.85. The van der Waals surface area contributed by atoms with E-state index in [1.54, 1.807) is 0 Å². The first-order valence-electron chi connectivity index (χ1n) is 5.90. The fourth-order valence-electron chi connectivity index (χ4n) is 1.81. The van der Waals surface area contributed by atoms with Crippen molar-refractivity contribution >= 4 is 9.84 Å². The van der Waals surface area contributed by atoms with E-state index in [0.29, 0.717) is 12.8 Å². The first kappa shape index (κ1) is 16.0. The smallest absolute Gasteiger partial charge is 0.147 e. The van der Waals surface area contributed by atoms with E-state index in [9.17, 15) is 17.2 Å². The van der Waals surface area contributed by atoms with Gasteiger partial charge in [-0.15, -0.1) is 0 Å². The van der Waals surface area contributed by atoms with Crippen LogP contribution < -0.4 is 11.3 Å². The molecule has 0 fully saturated rings. The lowest BCUT2D eigenvalue weighted by Gasteiger charge is -2.16. The second kappa shape index (κ2) is 6.93. The molecule has 0 saturated carbocycles. The monoisotopic (exact) mass is 292 g/mol. The number of sulfone groups is 1. The van der Waals surface area contributed by atoms with E-state index in [-0.39, 0.29) is 23.8 Å². The molecule has 0 aromatic heterocycles. The Labute approximate surface area is 111 Å². The average molecular weight is 292 g/mol. The fraction of sp³-hybridized carbons (Fsp3) is 0.500. The van der Waals surface area contributed by atoms with Crippen LogP contribution in [0.25, 0.3) is 0 Å². The molecule has 0 spiro atoms. The highest BCUT2D eigenvalue weighted by molar-refractivity contribution is 7.90. The van der Waals surface area contributed by atoms with E-state index < -0.39 is 21.5 Å². The second-order valence-corrected chi connectivity index (χ2v) is 6.80. The number of rotatable bonds is 7. The van der Waals surface area contributed by atoms with Gasteiger partial charge in [0.05, 0.1) is 0 Å². The standard InChI is InChI=1S/C12H18F2N2O2S/c1-19(17,18)7-3-4-9(16-15)8-10-11(13)5-2-6-12(10)14/h2,5-6,9,16H,3-4,7-8,15H2,1H3. The quantitative estimate of drug-likeness (QED) is 0.584. The molecule has 7 heteroatoms. The van der Waals surface area contributed by atoms with E-state index in [0.717, 1.165) is 6.26 Å². The zero-order valence-electron chi connectivity index (χ0n) is 10.7. The van der Waals surface area contributed by atoms with Crippen molar-refractivity contribution in [2.45, 2.75) is 25.3 Å². The van der Waals surface area contributed by atoms with E-state index in [4.69, 9.17) is 5.84 Å². The van der Waals surface area contributed by atoms with Gasteiger partial charge in [-0.3, -0.25) is 11.3 Å². The Kier molecular flexibility index (Phi) is 5.84. The number of hydrogen-bond donors (Lipinski definition) is 2. The van der Waals surface area contributed by atoms with Gasteiger partial charge in [0, 0.05) is 23.6 Å². The highest BCUT2D eigenvalue weighted by Crippen LogP contribution is 2.15. The van der Waals surface area contributed by atoms with Gasteiger partial charge in [0.1, 0.15) is 21.5 Å². The number of hydrogen-bond acceptors (Lipinski definition) is 4. The van der Waals surface area contributed by atoms with Crippen LogP contribution in [-0.4, -0.2) is 26.5 Å². The maximum absolute atomic E-state index is 13.5. The van der Waals surface area contributed by atoms with Crippen LogP contribution in [0.1, 0.15) is 18.4 Å². The summed E-state index contributed by atoms with van der Waals surface area (Å²) >= 11 is 0. The molecule has 0 aliphatic heterocycles. The molecule has 0 radical (unpaired) electrons. The van der Waals surface area contributed by atoms with Crippen molar-refractivity contribution in [2.24, 2.45) is 5.84 Å². The van der Waals surface area contributed by atoms with Crippen LogP contribution in [0.2, 0.25) is 0 Å². The van der Waals surface area contributed by atoms with Crippen LogP contribution in [-0.2, 0) is 16.3 Å². The van der Waals surface area contributed by atoms with Crippen LogP contribution >= 0.6 is 0 Å². The van der Waals surface area contributed by atoms with E-state index in [1.807, 2.05) is 0 Å². The van der Waals surface area contributed by atoms with Crippen molar-refractivity contribution in [3.05, 3.63) is 35.4 Å². The molecule has 108 valence electrons. The zero-order valence-corrected chi connectivity index (χ0v) is 11.5. The number of hydrazine groups is 1. The zero-order chi connectivity index (χ0) is 14.5. The Morgan fingerprint density at radius 1 is 1.32 bits per heavy atom. The summed E-state index contributed by atoms with van der Waals surface area (Å²) in [6.45, 7) is 0. The summed E-state index contributed by atoms with van der Waals surface area (Å²) in [5, 5.41) is 0. The molecule has 4 nitrogen and oxygen atoms in total. The lowest BCUT2D eigenvalue weighted by molar-refractivity contribution is 0.459. The molecule has 1 aromatic carbocycles. The minimum absolute atomic E-state index is 0.0327. The maximum atomic E-state index is 13.5. The molecule has 1 aromatic rings. The fourth-order valence-corrected chi connectivity index (χ4v) is 2.50. The molecular weight excluding hydrogens is 274 g/mol. The topological polar surface area (TPSA) is 72.2 Å². The summed E-state index contributed by atoms with van der Waals surface area (Å²) < 4.78 is 48.9. The van der Waals surface area contributed by atoms with Gasteiger partial charge in [0.15, 0.2) is 0 Å². The summed E-state index contributed by atoms with van der Waals surface area (Å²) in [5.74, 6) is 4.12. The Hall–Kier alpha value is -1.05.